The molecular weight excluding hydrogens is 378 g/mol. The molecular formula is C22H45N7O. The predicted molar refractivity (Wildman–Crippen MR) is 121 cm³/mol. The molecule has 0 saturated carbocycles. The summed E-state index contributed by atoms with van der Waals surface area (Å²) in [6.45, 7) is 13.9. The Hall–Kier alpha value is -0.770. The van der Waals surface area contributed by atoms with Crippen LogP contribution < -0.4 is 32.7 Å². The number of carbonyl (C=O) groups is 1. The number of nitrogens with zero attached hydrogens (tertiary/aromatic N) is 1. The minimum Gasteiger partial charge on any atom is -0.369 e. The quantitative estimate of drug-likeness (QED) is 0.371. The van der Waals surface area contributed by atoms with Gasteiger partial charge in [-0.15, -0.1) is 0 Å². The summed E-state index contributed by atoms with van der Waals surface area (Å²) in [4.78, 5) is 14.6. The van der Waals surface area contributed by atoms with Gasteiger partial charge in [-0.05, 0) is 37.0 Å². The van der Waals surface area contributed by atoms with E-state index in [-0.39, 0.29) is 35.7 Å². The smallest absolute Gasteiger partial charge is 0.224 e. The minimum atomic E-state index is -0.278. The molecule has 3 saturated heterocycles. The molecule has 6 unspecified atom stereocenters. The summed E-state index contributed by atoms with van der Waals surface area (Å²) < 4.78 is 0. The zero-order valence-corrected chi connectivity index (χ0v) is 19.6. The van der Waals surface area contributed by atoms with Crippen molar-refractivity contribution in [2.75, 3.05) is 19.6 Å². The third-order valence-corrected chi connectivity index (χ3v) is 7.23. The Morgan fingerprint density at radius 1 is 1.20 bits per heavy atom. The van der Waals surface area contributed by atoms with E-state index in [9.17, 15) is 4.79 Å². The molecule has 3 fully saturated rings. The molecule has 0 aliphatic carbocycles. The van der Waals surface area contributed by atoms with Crippen LogP contribution in [0.5, 0.6) is 0 Å². The van der Waals surface area contributed by atoms with Crippen LogP contribution in [0.1, 0.15) is 60.3 Å². The number of piperidine rings is 2. The van der Waals surface area contributed by atoms with Crippen LogP contribution in [-0.4, -0.2) is 67.1 Å². The largest absolute Gasteiger partial charge is 0.369 e. The molecule has 3 aliphatic rings. The van der Waals surface area contributed by atoms with Crippen molar-refractivity contribution in [3.8, 4) is 0 Å². The van der Waals surface area contributed by atoms with E-state index < -0.39 is 0 Å². The molecule has 0 bridgehead atoms. The number of hydrogen-bond donors (Lipinski definition) is 6. The first-order valence-corrected chi connectivity index (χ1v) is 11.8. The first-order valence-electron chi connectivity index (χ1n) is 11.8. The second-order valence-electron chi connectivity index (χ2n) is 11.1. The molecule has 3 rings (SSSR count). The normalized spacial score (nSPS) is 39.2. The molecule has 0 aromatic heterocycles. The number of hydrogen-bond acceptors (Lipinski definition) is 7. The molecule has 174 valence electrons. The average molecular weight is 424 g/mol. The van der Waals surface area contributed by atoms with Gasteiger partial charge in [0.05, 0.1) is 12.1 Å². The van der Waals surface area contributed by atoms with Gasteiger partial charge in [0.15, 0.2) is 0 Å². The second kappa shape index (κ2) is 9.79. The van der Waals surface area contributed by atoms with E-state index in [2.05, 4.69) is 60.8 Å². The van der Waals surface area contributed by atoms with Crippen LogP contribution in [0.3, 0.4) is 0 Å². The Morgan fingerprint density at radius 2 is 1.93 bits per heavy atom. The third-order valence-electron chi connectivity index (χ3n) is 7.23. The number of amides is 1. The number of nitrogens with two attached hydrogens (primary N) is 2. The lowest BCUT2D eigenvalue weighted by Gasteiger charge is -2.48. The van der Waals surface area contributed by atoms with Crippen LogP contribution in [0.15, 0.2) is 0 Å². The molecule has 0 aromatic carbocycles. The highest BCUT2D eigenvalue weighted by atomic mass is 16.1. The van der Waals surface area contributed by atoms with E-state index in [4.69, 9.17) is 11.5 Å². The fourth-order valence-electron chi connectivity index (χ4n) is 5.18. The van der Waals surface area contributed by atoms with E-state index in [1.165, 1.54) is 0 Å². The summed E-state index contributed by atoms with van der Waals surface area (Å²) in [7, 11) is 0. The van der Waals surface area contributed by atoms with Crippen LogP contribution >= 0.6 is 0 Å². The number of likely N-dealkylation sites (tertiary alicyclic amines) is 1. The van der Waals surface area contributed by atoms with Crippen molar-refractivity contribution in [2.45, 2.75) is 96.9 Å². The molecule has 7 atom stereocenters. The molecule has 0 aromatic rings. The molecule has 8 N–H and O–H groups in total. The van der Waals surface area contributed by atoms with Crippen molar-refractivity contribution in [3.63, 3.8) is 0 Å². The number of nitrogens with one attached hydrogen (secondary N) is 4. The summed E-state index contributed by atoms with van der Waals surface area (Å²) >= 11 is 0. The molecule has 0 radical (unpaired) electrons. The maximum atomic E-state index is 12.2. The van der Waals surface area contributed by atoms with E-state index in [1.54, 1.807) is 0 Å². The lowest BCUT2D eigenvalue weighted by Crippen LogP contribution is -2.73. The number of rotatable bonds is 5. The topological polar surface area (TPSA) is 120 Å². The summed E-state index contributed by atoms with van der Waals surface area (Å²) in [5, 5.41) is 14.8. The Balaban J connectivity index is 1.70. The monoisotopic (exact) mass is 423 g/mol. The Labute approximate surface area is 182 Å². The lowest BCUT2D eigenvalue weighted by molar-refractivity contribution is -0.124. The first kappa shape index (κ1) is 23.9. The van der Waals surface area contributed by atoms with Crippen LogP contribution in [-0.2, 0) is 4.79 Å². The average Bonchev–Trinajstić information content (AvgIpc) is 2.66. The maximum Gasteiger partial charge on any atom is 0.224 e. The highest BCUT2D eigenvalue weighted by molar-refractivity contribution is 5.77. The maximum absolute atomic E-state index is 12.2. The van der Waals surface area contributed by atoms with E-state index in [0.29, 0.717) is 30.6 Å². The third kappa shape index (κ3) is 5.93. The molecule has 8 nitrogen and oxygen atoms in total. The van der Waals surface area contributed by atoms with Crippen molar-refractivity contribution in [1.82, 2.24) is 26.2 Å². The Kier molecular flexibility index (Phi) is 7.80. The van der Waals surface area contributed by atoms with E-state index >= 15 is 0 Å². The zero-order valence-electron chi connectivity index (χ0n) is 19.6. The van der Waals surface area contributed by atoms with Gasteiger partial charge in [-0.2, -0.15) is 0 Å². The van der Waals surface area contributed by atoms with Gasteiger partial charge in [0, 0.05) is 43.8 Å². The van der Waals surface area contributed by atoms with E-state index in [1.807, 2.05) is 0 Å². The van der Waals surface area contributed by atoms with Crippen molar-refractivity contribution in [3.05, 3.63) is 0 Å². The second-order valence-corrected chi connectivity index (χ2v) is 11.1. The molecule has 3 heterocycles. The summed E-state index contributed by atoms with van der Waals surface area (Å²) in [6, 6.07) is 1.45. The van der Waals surface area contributed by atoms with Crippen molar-refractivity contribution in [1.29, 1.82) is 0 Å². The van der Waals surface area contributed by atoms with Crippen molar-refractivity contribution >= 4 is 5.91 Å². The lowest BCUT2D eigenvalue weighted by atomic mass is 9.77. The first-order chi connectivity index (χ1) is 14.0. The summed E-state index contributed by atoms with van der Waals surface area (Å²) in [5.74, 6) is 0.0261. The predicted octanol–water partition coefficient (Wildman–Crippen LogP) is 0.0944. The van der Waals surface area contributed by atoms with Crippen LogP contribution in [0.2, 0.25) is 0 Å². The molecule has 0 spiro atoms. The summed E-state index contributed by atoms with van der Waals surface area (Å²) in [6.07, 6.45) is 4.17. The van der Waals surface area contributed by atoms with Crippen LogP contribution in [0.25, 0.3) is 0 Å². The van der Waals surface area contributed by atoms with Crippen molar-refractivity contribution in [2.24, 2.45) is 28.7 Å². The molecule has 3 aliphatic heterocycles. The van der Waals surface area contributed by atoms with Gasteiger partial charge < -0.3 is 16.8 Å². The Bertz CT molecular complexity index is 578. The van der Waals surface area contributed by atoms with Gasteiger partial charge in [-0.1, -0.05) is 34.6 Å². The van der Waals surface area contributed by atoms with Gasteiger partial charge in [-0.25, -0.2) is 0 Å². The van der Waals surface area contributed by atoms with Gasteiger partial charge in [0.1, 0.15) is 6.29 Å². The fraction of sp³-hybridized carbons (Fsp3) is 0.955. The number of primary amides is 1. The van der Waals surface area contributed by atoms with E-state index in [0.717, 1.165) is 38.8 Å². The highest BCUT2D eigenvalue weighted by Crippen LogP contribution is 2.30. The Morgan fingerprint density at radius 3 is 2.53 bits per heavy atom. The molecule has 30 heavy (non-hydrogen) atoms. The number of carbonyl (C=O) groups excluding carboxylic acids is 1. The summed E-state index contributed by atoms with van der Waals surface area (Å²) in [5.41, 5.74) is 12.2. The molecule has 8 heteroatoms. The minimum absolute atomic E-state index is 0.0190. The van der Waals surface area contributed by atoms with Gasteiger partial charge >= 0.3 is 0 Å². The zero-order chi connectivity index (χ0) is 22.1. The van der Waals surface area contributed by atoms with Crippen LogP contribution in [0, 0.1) is 17.3 Å². The fourth-order valence-corrected chi connectivity index (χ4v) is 5.18. The highest BCUT2D eigenvalue weighted by Gasteiger charge is 2.40. The van der Waals surface area contributed by atoms with Gasteiger partial charge in [-0.3, -0.25) is 25.6 Å². The standard InChI is InChI=1S/C22H45N7O/c1-13(2)17-9-15(10-18(27-17)22(3,4)5)26-20-16(19(24)30)11-25-21(28-20)29-8-6-7-14(23)12-29/h13-18,20-21,25-28H,6-12,23H2,1-5H3,(H2,24,30)/t14-,15?,16?,17?,18?,20?,21?/m0/s1. The van der Waals surface area contributed by atoms with Crippen LogP contribution in [0.4, 0.5) is 0 Å². The van der Waals surface area contributed by atoms with Crippen molar-refractivity contribution < 1.29 is 4.79 Å². The SMILES string of the molecule is CC(C)C1CC(NC2NC(N3CCC[C@H](N)C3)NCC2C(N)=O)CC(C(C)(C)C)N1. The molecule has 1 amide bonds. The van der Waals surface area contributed by atoms with Gasteiger partial charge in [0.2, 0.25) is 5.91 Å². The van der Waals surface area contributed by atoms with Gasteiger partial charge in [0.25, 0.3) is 0 Å².